The molecule has 1 aromatic rings. The van der Waals surface area contributed by atoms with Crippen LogP contribution in [0.1, 0.15) is 12.0 Å². The molecule has 3 nitrogen and oxygen atoms in total. The second-order valence-corrected chi connectivity index (χ2v) is 4.09. The van der Waals surface area contributed by atoms with Gasteiger partial charge in [-0.3, -0.25) is 4.79 Å². The molecule has 1 heterocycles. The van der Waals surface area contributed by atoms with Gasteiger partial charge in [-0.05, 0) is 6.07 Å². The minimum atomic E-state index is 0.0929. The van der Waals surface area contributed by atoms with Gasteiger partial charge in [0, 0.05) is 24.4 Å². The zero-order valence-corrected chi connectivity index (χ0v) is 9.74. The number of amides is 1. The number of hydrogen-bond donors (Lipinski definition) is 0. The van der Waals surface area contributed by atoms with E-state index < -0.39 is 0 Å². The van der Waals surface area contributed by atoms with Crippen LogP contribution in [-0.4, -0.2) is 29.8 Å². The summed E-state index contributed by atoms with van der Waals surface area (Å²) in [7, 11) is 0. The van der Waals surface area contributed by atoms with Crippen molar-refractivity contribution in [2.45, 2.75) is 13.0 Å². The molecule has 0 bridgehead atoms. The molecule has 16 heavy (non-hydrogen) atoms. The number of nitrogens with zero attached hydrogens (tertiary/aromatic N) is 1. The normalized spacial score (nSPS) is 14.9. The summed E-state index contributed by atoms with van der Waals surface area (Å²) in [6.07, 6.45) is 0.393. The molecule has 1 aliphatic rings. The van der Waals surface area contributed by atoms with E-state index in [-0.39, 0.29) is 5.91 Å². The molecule has 0 fully saturated rings. The predicted molar refractivity (Wildman–Crippen MR) is 62.7 cm³/mol. The van der Waals surface area contributed by atoms with Crippen molar-refractivity contribution in [3.05, 3.63) is 29.8 Å². The van der Waals surface area contributed by atoms with Gasteiger partial charge < -0.3 is 9.64 Å². The number of halogens is 1. The summed E-state index contributed by atoms with van der Waals surface area (Å²) in [5.41, 5.74) is 1.06. The van der Waals surface area contributed by atoms with E-state index in [0.717, 1.165) is 11.3 Å². The number of carbonyl (C=O) groups excluding carboxylic acids is 1. The Hall–Kier alpha value is -1.22. The van der Waals surface area contributed by atoms with Crippen molar-refractivity contribution in [2.75, 3.05) is 19.0 Å². The summed E-state index contributed by atoms with van der Waals surface area (Å²) in [4.78, 5) is 13.5. The van der Waals surface area contributed by atoms with Crippen molar-refractivity contribution in [1.82, 2.24) is 4.90 Å². The van der Waals surface area contributed by atoms with Crippen molar-refractivity contribution in [3.8, 4) is 5.75 Å². The maximum Gasteiger partial charge on any atom is 0.224 e. The van der Waals surface area contributed by atoms with Crippen LogP contribution < -0.4 is 4.74 Å². The maximum absolute atomic E-state index is 11.7. The van der Waals surface area contributed by atoms with Gasteiger partial charge in [-0.1, -0.05) is 18.2 Å². The summed E-state index contributed by atoms with van der Waals surface area (Å²) in [6.45, 7) is 1.79. The lowest BCUT2D eigenvalue weighted by molar-refractivity contribution is -0.131. The van der Waals surface area contributed by atoms with E-state index in [1.54, 1.807) is 4.90 Å². The Morgan fingerprint density at radius 2 is 2.25 bits per heavy atom. The van der Waals surface area contributed by atoms with Crippen LogP contribution in [0.2, 0.25) is 0 Å². The Balaban J connectivity index is 2.13. The Labute approximate surface area is 100.0 Å². The van der Waals surface area contributed by atoms with E-state index in [1.165, 1.54) is 0 Å². The van der Waals surface area contributed by atoms with Crippen LogP contribution in [-0.2, 0) is 11.3 Å². The van der Waals surface area contributed by atoms with Crippen LogP contribution in [0.3, 0.4) is 0 Å². The number of rotatable bonds is 2. The van der Waals surface area contributed by atoms with Crippen molar-refractivity contribution in [1.29, 1.82) is 0 Å². The zero-order valence-electron chi connectivity index (χ0n) is 8.99. The lowest BCUT2D eigenvalue weighted by Gasteiger charge is -2.19. The summed E-state index contributed by atoms with van der Waals surface area (Å²) in [6, 6.07) is 7.82. The fourth-order valence-electron chi connectivity index (χ4n) is 1.78. The van der Waals surface area contributed by atoms with E-state index >= 15 is 0 Å². The quantitative estimate of drug-likeness (QED) is 0.740. The third-order valence-electron chi connectivity index (χ3n) is 2.61. The minimum Gasteiger partial charge on any atom is -0.491 e. The molecule has 0 N–H and O–H groups in total. The number of para-hydroxylation sites is 1. The van der Waals surface area contributed by atoms with Gasteiger partial charge in [0.25, 0.3) is 0 Å². The molecule has 4 heteroatoms. The first-order chi connectivity index (χ1) is 7.81. The third kappa shape index (κ3) is 2.47. The molecule has 2 rings (SSSR count). The standard InChI is InChI=1S/C12H14ClNO2/c13-6-5-12(15)14-7-8-16-11-4-2-1-3-10(11)9-14/h1-4H,5-9H2. The zero-order chi connectivity index (χ0) is 11.4. The number of carbonyl (C=O) groups is 1. The average Bonchev–Trinajstić information content (AvgIpc) is 2.51. The van der Waals surface area contributed by atoms with Gasteiger partial charge in [0.1, 0.15) is 12.4 Å². The lowest BCUT2D eigenvalue weighted by Crippen LogP contribution is -2.32. The Kier molecular flexibility index (Phi) is 3.67. The van der Waals surface area contributed by atoms with Crippen molar-refractivity contribution in [2.24, 2.45) is 0 Å². The fraction of sp³-hybridized carbons (Fsp3) is 0.417. The predicted octanol–water partition coefficient (Wildman–Crippen LogP) is 2.04. The van der Waals surface area contributed by atoms with E-state index in [9.17, 15) is 4.79 Å². The summed E-state index contributed by atoms with van der Waals surface area (Å²) >= 11 is 5.58. The molecule has 0 spiro atoms. The van der Waals surface area contributed by atoms with E-state index in [2.05, 4.69) is 0 Å². The number of fused-ring (bicyclic) bond motifs is 1. The first-order valence-electron chi connectivity index (χ1n) is 5.35. The average molecular weight is 240 g/mol. The highest BCUT2D eigenvalue weighted by Crippen LogP contribution is 2.22. The second-order valence-electron chi connectivity index (χ2n) is 3.71. The van der Waals surface area contributed by atoms with Crippen LogP contribution in [0.25, 0.3) is 0 Å². The van der Waals surface area contributed by atoms with Gasteiger partial charge in [0.05, 0.1) is 6.54 Å². The highest BCUT2D eigenvalue weighted by molar-refractivity contribution is 6.18. The molecule has 0 saturated carbocycles. The Bertz CT molecular complexity index is 381. The molecule has 86 valence electrons. The number of benzene rings is 1. The maximum atomic E-state index is 11.7. The van der Waals surface area contributed by atoms with Gasteiger partial charge in [0.2, 0.25) is 5.91 Å². The topological polar surface area (TPSA) is 29.5 Å². The largest absolute Gasteiger partial charge is 0.491 e. The fourth-order valence-corrected chi connectivity index (χ4v) is 1.94. The van der Waals surface area contributed by atoms with Crippen molar-refractivity contribution < 1.29 is 9.53 Å². The molecule has 0 radical (unpaired) electrons. The van der Waals surface area contributed by atoms with E-state index in [0.29, 0.717) is 32.0 Å². The third-order valence-corrected chi connectivity index (χ3v) is 2.80. The smallest absolute Gasteiger partial charge is 0.224 e. The van der Waals surface area contributed by atoms with Crippen LogP contribution >= 0.6 is 11.6 Å². The van der Waals surface area contributed by atoms with E-state index in [1.807, 2.05) is 24.3 Å². The minimum absolute atomic E-state index is 0.0929. The van der Waals surface area contributed by atoms with Crippen LogP contribution in [0.15, 0.2) is 24.3 Å². The molecule has 0 unspecified atom stereocenters. The summed E-state index contributed by atoms with van der Waals surface area (Å²) in [5.74, 6) is 1.34. The Morgan fingerprint density at radius 3 is 3.06 bits per heavy atom. The summed E-state index contributed by atoms with van der Waals surface area (Å²) in [5, 5.41) is 0. The monoisotopic (exact) mass is 239 g/mol. The molecule has 0 aromatic heterocycles. The van der Waals surface area contributed by atoms with Gasteiger partial charge in [-0.2, -0.15) is 0 Å². The van der Waals surface area contributed by atoms with Crippen LogP contribution in [0.4, 0.5) is 0 Å². The molecule has 0 atom stereocenters. The first-order valence-corrected chi connectivity index (χ1v) is 5.89. The highest BCUT2D eigenvalue weighted by atomic mass is 35.5. The highest BCUT2D eigenvalue weighted by Gasteiger charge is 2.18. The molecule has 1 amide bonds. The second kappa shape index (κ2) is 5.21. The molecule has 1 aliphatic heterocycles. The van der Waals surface area contributed by atoms with E-state index in [4.69, 9.17) is 16.3 Å². The van der Waals surface area contributed by atoms with Gasteiger partial charge in [-0.15, -0.1) is 11.6 Å². The SMILES string of the molecule is O=C(CCCl)N1CCOc2ccccc2C1. The van der Waals surface area contributed by atoms with Gasteiger partial charge in [-0.25, -0.2) is 0 Å². The number of hydrogen-bond acceptors (Lipinski definition) is 2. The van der Waals surface area contributed by atoms with Crippen molar-refractivity contribution >= 4 is 17.5 Å². The molecule has 1 aromatic carbocycles. The van der Waals surface area contributed by atoms with Gasteiger partial charge >= 0.3 is 0 Å². The van der Waals surface area contributed by atoms with Crippen molar-refractivity contribution in [3.63, 3.8) is 0 Å². The lowest BCUT2D eigenvalue weighted by atomic mass is 10.2. The van der Waals surface area contributed by atoms with Gasteiger partial charge in [0.15, 0.2) is 0 Å². The van der Waals surface area contributed by atoms with Crippen LogP contribution in [0.5, 0.6) is 5.75 Å². The van der Waals surface area contributed by atoms with Crippen LogP contribution in [0, 0.1) is 0 Å². The number of ether oxygens (including phenoxy) is 1. The summed E-state index contributed by atoms with van der Waals surface area (Å²) < 4.78 is 5.58. The first kappa shape index (κ1) is 11.3. The molecular weight excluding hydrogens is 226 g/mol. The number of alkyl halides is 1. The molecular formula is C12H14ClNO2. The Morgan fingerprint density at radius 1 is 1.44 bits per heavy atom. The molecule has 0 aliphatic carbocycles. The molecule has 0 saturated heterocycles.